The summed E-state index contributed by atoms with van der Waals surface area (Å²) in [5, 5.41) is 0. The van der Waals surface area contributed by atoms with Crippen molar-refractivity contribution in [3.8, 4) is 0 Å². The predicted molar refractivity (Wildman–Crippen MR) is 47.8 cm³/mol. The summed E-state index contributed by atoms with van der Waals surface area (Å²) in [5.74, 6) is 0. The Kier molecular flexibility index (Phi) is 3.19. The highest BCUT2D eigenvalue weighted by atomic mass is 16.5. The van der Waals surface area contributed by atoms with Crippen LogP contribution in [0.2, 0.25) is 0 Å². The van der Waals surface area contributed by atoms with Gasteiger partial charge in [0.05, 0.1) is 12.6 Å². The molecule has 1 heterocycles. The number of aryl methyl sites for hydroxylation is 1. The Morgan fingerprint density at radius 2 is 2.42 bits per heavy atom. The maximum Gasteiger partial charge on any atom is 0.0656 e. The van der Waals surface area contributed by atoms with Crippen LogP contribution in [0, 0.1) is 6.92 Å². The average molecular weight is 166 g/mol. The highest BCUT2D eigenvalue weighted by Gasteiger charge is 2.07. The van der Waals surface area contributed by atoms with E-state index >= 15 is 0 Å². The molecule has 0 amide bonds. The second-order valence-electron chi connectivity index (χ2n) is 2.79. The highest BCUT2D eigenvalue weighted by Crippen LogP contribution is 2.13. The summed E-state index contributed by atoms with van der Waals surface area (Å²) in [6.07, 6.45) is 3.55. The molecule has 0 saturated carbocycles. The number of nitrogens with two attached hydrogens (primary N) is 1. The second-order valence-corrected chi connectivity index (χ2v) is 2.79. The third-order valence-corrected chi connectivity index (χ3v) is 1.83. The SMILES string of the molecule is COCC(N)c1cnccc1C. The van der Waals surface area contributed by atoms with Crippen LogP contribution in [0.1, 0.15) is 17.2 Å². The Balaban J connectivity index is 2.79. The molecule has 66 valence electrons. The van der Waals surface area contributed by atoms with E-state index in [4.69, 9.17) is 10.5 Å². The zero-order valence-corrected chi connectivity index (χ0v) is 7.45. The van der Waals surface area contributed by atoms with Gasteiger partial charge in [0.1, 0.15) is 0 Å². The van der Waals surface area contributed by atoms with Gasteiger partial charge in [0.15, 0.2) is 0 Å². The maximum absolute atomic E-state index is 5.84. The van der Waals surface area contributed by atoms with Crippen molar-refractivity contribution in [2.24, 2.45) is 5.73 Å². The van der Waals surface area contributed by atoms with Crippen molar-refractivity contribution < 1.29 is 4.74 Å². The maximum atomic E-state index is 5.84. The van der Waals surface area contributed by atoms with E-state index in [-0.39, 0.29) is 6.04 Å². The van der Waals surface area contributed by atoms with E-state index in [0.717, 1.165) is 11.1 Å². The van der Waals surface area contributed by atoms with E-state index in [0.29, 0.717) is 6.61 Å². The van der Waals surface area contributed by atoms with E-state index in [2.05, 4.69) is 4.98 Å². The molecule has 12 heavy (non-hydrogen) atoms. The standard InChI is InChI=1S/C9H14N2O/c1-7-3-4-11-5-8(7)9(10)6-12-2/h3-5,9H,6,10H2,1-2H3. The van der Waals surface area contributed by atoms with Crippen LogP contribution in [-0.2, 0) is 4.74 Å². The topological polar surface area (TPSA) is 48.1 Å². The van der Waals surface area contributed by atoms with Gasteiger partial charge in [0.25, 0.3) is 0 Å². The molecule has 2 N–H and O–H groups in total. The number of aromatic nitrogens is 1. The molecule has 3 nitrogen and oxygen atoms in total. The van der Waals surface area contributed by atoms with Crippen LogP contribution in [0.3, 0.4) is 0 Å². The number of methoxy groups -OCH3 is 1. The second kappa shape index (κ2) is 4.18. The van der Waals surface area contributed by atoms with E-state index in [9.17, 15) is 0 Å². The first-order valence-corrected chi connectivity index (χ1v) is 3.90. The van der Waals surface area contributed by atoms with Crippen molar-refractivity contribution in [1.82, 2.24) is 4.98 Å². The van der Waals surface area contributed by atoms with Crippen molar-refractivity contribution in [2.75, 3.05) is 13.7 Å². The van der Waals surface area contributed by atoms with Crippen LogP contribution >= 0.6 is 0 Å². The van der Waals surface area contributed by atoms with E-state index < -0.39 is 0 Å². The van der Waals surface area contributed by atoms with Crippen LogP contribution < -0.4 is 5.73 Å². The summed E-state index contributed by atoms with van der Waals surface area (Å²) in [6, 6.07) is 1.88. The van der Waals surface area contributed by atoms with Gasteiger partial charge < -0.3 is 10.5 Å². The Morgan fingerprint density at radius 1 is 1.67 bits per heavy atom. The Morgan fingerprint density at radius 3 is 3.00 bits per heavy atom. The van der Waals surface area contributed by atoms with Gasteiger partial charge in [0.2, 0.25) is 0 Å². The Bertz CT molecular complexity index is 250. The lowest BCUT2D eigenvalue weighted by Gasteiger charge is -2.12. The lowest BCUT2D eigenvalue weighted by molar-refractivity contribution is 0.180. The summed E-state index contributed by atoms with van der Waals surface area (Å²) in [6.45, 7) is 2.55. The Labute approximate surface area is 72.6 Å². The van der Waals surface area contributed by atoms with Gasteiger partial charge in [0, 0.05) is 19.5 Å². The summed E-state index contributed by atoms with van der Waals surface area (Å²) in [4.78, 5) is 4.01. The Hall–Kier alpha value is -0.930. The summed E-state index contributed by atoms with van der Waals surface area (Å²) in [5.41, 5.74) is 8.06. The minimum Gasteiger partial charge on any atom is -0.383 e. The van der Waals surface area contributed by atoms with Gasteiger partial charge in [-0.2, -0.15) is 0 Å². The monoisotopic (exact) mass is 166 g/mol. The minimum absolute atomic E-state index is 0.0660. The van der Waals surface area contributed by atoms with Gasteiger partial charge in [-0.15, -0.1) is 0 Å². The largest absolute Gasteiger partial charge is 0.383 e. The molecule has 0 saturated heterocycles. The molecule has 0 aliphatic heterocycles. The molecule has 0 aromatic carbocycles. The molecule has 0 spiro atoms. The molecule has 1 aromatic heterocycles. The molecule has 0 radical (unpaired) electrons. The molecule has 1 rings (SSSR count). The first-order chi connectivity index (χ1) is 5.75. The fourth-order valence-corrected chi connectivity index (χ4v) is 1.13. The highest BCUT2D eigenvalue weighted by molar-refractivity contribution is 5.24. The summed E-state index contributed by atoms with van der Waals surface area (Å²) < 4.78 is 4.96. The molecule has 0 bridgehead atoms. The van der Waals surface area contributed by atoms with Crippen LogP contribution in [-0.4, -0.2) is 18.7 Å². The van der Waals surface area contributed by atoms with Crippen molar-refractivity contribution in [3.05, 3.63) is 29.6 Å². The van der Waals surface area contributed by atoms with Crippen LogP contribution in [0.4, 0.5) is 0 Å². The molecule has 1 aromatic rings. The normalized spacial score (nSPS) is 12.9. The molecule has 0 aliphatic rings. The number of hydrogen-bond donors (Lipinski definition) is 1. The molecule has 3 heteroatoms. The number of pyridine rings is 1. The smallest absolute Gasteiger partial charge is 0.0656 e. The minimum atomic E-state index is -0.0660. The van der Waals surface area contributed by atoms with Crippen LogP contribution in [0.15, 0.2) is 18.5 Å². The quantitative estimate of drug-likeness (QED) is 0.729. The zero-order chi connectivity index (χ0) is 8.97. The van der Waals surface area contributed by atoms with Crippen LogP contribution in [0.25, 0.3) is 0 Å². The zero-order valence-electron chi connectivity index (χ0n) is 7.45. The molecule has 0 aliphatic carbocycles. The fraction of sp³-hybridized carbons (Fsp3) is 0.444. The number of rotatable bonds is 3. The van der Waals surface area contributed by atoms with Crippen LogP contribution in [0.5, 0.6) is 0 Å². The molecular weight excluding hydrogens is 152 g/mol. The van der Waals surface area contributed by atoms with E-state index in [1.54, 1.807) is 19.5 Å². The average Bonchev–Trinajstić information content (AvgIpc) is 2.05. The lowest BCUT2D eigenvalue weighted by atomic mass is 10.1. The first-order valence-electron chi connectivity index (χ1n) is 3.90. The fourth-order valence-electron chi connectivity index (χ4n) is 1.13. The predicted octanol–water partition coefficient (Wildman–Crippen LogP) is 1.04. The van der Waals surface area contributed by atoms with Gasteiger partial charge >= 0.3 is 0 Å². The van der Waals surface area contributed by atoms with E-state index in [1.165, 1.54) is 0 Å². The van der Waals surface area contributed by atoms with Gasteiger partial charge in [-0.1, -0.05) is 0 Å². The summed E-state index contributed by atoms with van der Waals surface area (Å²) in [7, 11) is 1.64. The van der Waals surface area contributed by atoms with E-state index in [1.807, 2.05) is 13.0 Å². The van der Waals surface area contributed by atoms with Gasteiger partial charge in [-0.05, 0) is 24.1 Å². The lowest BCUT2D eigenvalue weighted by Crippen LogP contribution is -2.17. The molecule has 1 atom stereocenters. The number of nitrogens with zero attached hydrogens (tertiary/aromatic N) is 1. The van der Waals surface area contributed by atoms with Gasteiger partial charge in [-0.25, -0.2) is 0 Å². The third kappa shape index (κ3) is 2.03. The molecule has 0 fully saturated rings. The van der Waals surface area contributed by atoms with Crippen molar-refractivity contribution in [1.29, 1.82) is 0 Å². The summed E-state index contributed by atoms with van der Waals surface area (Å²) >= 11 is 0. The van der Waals surface area contributed by atoms with Crippen molar-refractivity contribution in [2.45, 2.75) is 13.0 Å². The first kappa shape index (κ1) is 9.16. The molecule has 1 unspecified atom stereocenters. The third-order valence-electron chi connectivity index (χ3n) is 1.83. The van der Waals surface area contributed by atoms with Crippen molar-refractivity contribution >= 4 is 0 Å². The number of hydrogen-bond acceptors (Lipinski definition) is 3. The van der Waals surface area contributed by atoms with Gasteiger partial charge in [-0.3, -0.25) is 4.98 Å². The molecular formula is C9H14N2O. The van der Waals surface area contributed by atoms with Crippen molar-refractivity contribution in [3.63, 3.8) is 0 Å². The number of ether oxygens (including phenoxy) is 1.